The third-order valence-electron chi connectivity index (χ3n) is 3.86. The molecule has 2 N–H and O–H groups in total. The maximum atomic E-state index is 12.3. The number of hydrogen-bond acceptors (Lipinski definition) is 3. The zero-order valence-electron chi connectivity index (χ0n) is 10.9. The summed E-state index contributed by atoms with van der Waals surface area (Å²) in [5, 5.41) is 0. The van der Waals surface area contributed by atoms with Gasteiger partial charge in [0, 0.05) is 31.4 Å². The summed E-state index contributed by atoms with van der Waals surface area (Å²) in [6, 6.07) is 8.41. The number of halogens is 1. The van der Waals surface area contributed by atoms with E-state index in [9.17, 15) is 4.79 Å². The molecule has 2 heterocycles. The molecule has 104 valence electrons. The first-order valence-electron chi connectivity index (χ1n) is 6.60. The average molecular weight is 282 g/mol. The smallest absolute Gasteiger partial charge is 0.241 e. The molecule has 4 nitrogen and oxygen atoms in total. The van der Waals surface area contributed by atoms with Crippen LogP contribution in [0.25, 0.3) is 0 Å². The molecule has 1 atom stereocenters. The Morgan fingerprint density at radius 3 is 2.84 bits per heavy atom. The molecule has 0 radical (unpaired) electrons. The molecule has 0 aliphatic carbocycles. The number of para-hydroxylation sites is 1. The Kier molecular flexibility index (Phi) is 4.45. The molecular weight excluding hydrogens is 262 g/mol. The highest BCUT2D eigenvalue weighted by atomic mass is 35.5. The van der Waals surface area contributed by atoms with Crippen molar-refractivity contribution >= 4 is 24.0 Å². The summed E-state index contributed by atoms with van der Waals surface area (Å²) in [6.07, 6.45) is 1.98. The quantitative estimate of drug-likeness (QED) is 0.881. The maximum Gasteiger partial charge on any atom is 0.241 e. The van der Waals surface area contributed by atoms with E-state index < -0.39 is 0 Å². The number of anilines is 1. The molecule has 2 aliphatic rings. The van der Waals surface area contributed by atoms with Gasteiger partial charge in [0.1, 0.15) is 0 Å². The molecule has 1 unspecified atom stereocenters. The van der Waals surface area contributed by atoms with Crippen molar-refractivity contribution in [3.63, 3.8) is 0 Å². The summed E-state index contributed by atoms with van der Waals surface area (Å²) >= 11 is 0. The van der Waals surface area contributed by atoms with Crippen LogP contribution < -0.4 is 10.6 Å². The highest BCUT2D eigenvalue weighted by Gasteiger charge is 2.27. The molecular formula is C14H20ClN3O. The number of amides is 1. The molecule has 2 aliphatic heterocycles. The van der Waals surface area contributed by atoms with E-state index in [-0.39, 0.29) is 24.4 Å². The standard InChI is InChI=1S/C14H19N3O.ClH/c15-12-6-7-16(9-12)10-14(18)17-8-5-11-3-1-2-4-13(11)17;/h1-4,12H,5-10,15H2;1H. The Morgan fingerprint density at radius 2 is 2.11 bits per heavy atom. The molecule has 3 rings (SSSR count). The second-order valence-electron chi connectivity index (χ2n) is 5.21. The Bertz CT molecular complexity index is 466. The first kappa shape index (κ1) is 14.3. The lowest BCUT2D eigenvalue weighted by atomic mass is 10.2. The Hall–Kier alpha value is -1.10. The zero-order chi connectivity index (χ0) is 12.5. The van der Waals surface area contributed by atoms with E-state index >= 15 is 0 Å². The van der Waals surface area contributed by atoms with Crippen LogP contribution in [0.3, 0.4) is 0 Å². The van der Waals surface area contributed by atoms with Gasteiger partial charge in [0.2, 0.25) is 5.91 Å². The first-order chi connectivity index (χ1) is 8.74. The van der Waals surface area contributed by atoms with Crippen LogP contribution in [0.2, 0.25) is 0 Å². The van der Waals surface area contributed by atoms with Crippen molar-refractivity contribution in [2.45, 2.75) is 18.9 Å². The average Bonchev–Trinajstić information content (AvgIpc) is 2.95. The van der Waals surface area contributed by atoms with E-state index in [0.717, 1.165) is 38.2 Å². The first-order valence-corrected chi connectivity index (χ1v) is 6.60. The predicted molar refractivity (Wildman–Crippen MR) is 78.8 cm³/mol. The second-order valence-corrected chi connectivity index (χ2v) is 5.21. The van der Waals surface area contributed by atoms with Gasteiger partial charge in [-0.3, -0.25) is 9.69 Å². The van der Waals surface area contributed by atoms with E-state index in [2.05, 4.69) is 11.0 Å². The number of carbonyl (C=O) groups excluding carboxylic acids is 1. The molecule has 0 bridgehead atoms. The third-order valence-corrected chi connectivity index (χ3v) is 3.86. The molecule has 1 aromatic carbocycles. The van der Waals surface area contributed by atoms with Crippen LogP contribution in [0, 0.1) is 0 Å². The summed E-state index contributed by atoms with van der Waals surface area (Å²) in [5.41, 5.74) is 8.23. The SMILES string of the molecule is Cl.NC1CCN(CC(=O)N2CCc3ccccc32)C1. The van der Waals surface area contributed by atoms with Gasteiger partial charge in [-0.25, -0.2) is 0 Å². The maximum absolute atomic E-state index is 12.3. The molecule has 19 heavy (non-hydrogen) atoms. The number of nitrogens with two attached hydrogens (primary N) is 1. The topological polar surface area (TPSA) is 49.6 Å². The number of hydrogen-bond donors (Lipinski definition) is 1. The summed E-state index contributed by atoms with van der Waals surface area (Å²) in [7, 11) is 0. The lowest BCUT2D eigenvalue weighted by Crippen LogP contribution is -2.39. The van der Waals surface area contributed by atoms with Gasteiger partial charge in [-0.1, -0.05) is 18.2 Å². The van der Waals surface area contributed by atoms with Crippen molar-refractivity contribution in [2.75, 3.05) is 31.1 Å². The van der Waals surface area contributed by atoms with Crippen molar-refractivity contribution in [1.82, 2.24) is 4.90 Å². The number of fused-ring (bicyclic) bond motifs is 1. The Labute approximate surface area is 120 Å². The Morgan fingerprint density at radius 1 is 1.32 bits per heavy atom. The summed E-state index contributed by atoms with van der Waals surface area (Å²) in [6.45, 7) is 3.11. The van der Waals surface area contributed by atoms with Crippen LogP contribution in [-0.4, -0.2) is 43.0 Å². The van der Waals surface area contributed by atoms with Crippen LogP contribution in [-0.2, 0) is 11.2 Å². The summed E-state index contributed by atoms with van der Waals surface area (Å²) in [5.74, 6) is 0.203. The van der Waals surface area contributed by atoms with Crippen LogP contribution >= 0.6 is 12.4 Å². The number of rotatable bonds is 2. The van der Waals surface area contributed by atoms with Gasteiger partial charge in [-0.15, -0.1) is 12.4 Å². The Balaban J connectivity index is 0.00000133. The fraction of sp³-hybridized carbons (Fsp3) is 0.500. The molecule has 1 aromatic rings. The van der Waals surface area contributed by atoms with Crippen LogP contribution in [0.4, 0.5) is 5.69 Å². The van der Waals surface area contributed by atoms with E-state index in [0.29, 0.717) is 6.54 Å². The van der Waals surface area contributed by atoms with Crippen molar-refractivity contribution in [2.24, 2.45) is 5.73 Å². The minimum atomic E-state index is 0. The van der Waals surface area contributed by atoms with Gasteiger partial charge in [-0.2, -0.15) is 0 Å². The highest BCUT2D eigenvalue weighted by Crippen LogP contribution is 2.27. The normalized spacial score (nSPS) is 22.2. The third kappa shape index (κ3) is 2.91. The van der Waals surface area contributed by atoms with Crippen molar-refractivity contribution < 1.29 is 4.79 Å². The van der Waals surface area contributed by atoms with Gasteiger partial charge < -0.3 is 10.6 Å². The molecule has 1 fully saturated rings. The van der Waals surface area contributed by atoms with E-state index in [1.54, 1.807) is 0 Å². The van der Waals surface area contributed by atoms with Gasteiger partial charge in [-0.05, 0) is 24.5 Å². The number of nitrogens with zero attached hydrogens (tertiary/aromatic N) is 2. The van der Waals surface area contributed by atoms with Crippen molar-refractivity contribution in [3.8, 4) is 0 Å². The largest absolute Gasteiger partial charge is 0.326 e. The molecule has 0 aromatic heterocycles. The number of carbonyl (C=O) groups is 1. The van der Waals surface area contributed by atoms with Crippen LogP contribution in [0.1, 0.15) is 12.0 Å². The minimum absolute atomic E-state index is 0. The molecule has 0 saturated carbocycles. The van der Waals surface area contributed by atoms with Crippen molar-refractivity contribution in [1.29, 1.82) is 0 Å². The molecule has 0 spiro atoms. The number of benzene rings is 1. The van der Waals surface area contributed by atoms with Gasteiger partial charge >= 0.3 is 0 Å². The predicted octanol–water partition coefficient (Wildman–Crippen LogP) is 1.03. The van der Waals surface area contributed by atoms with E-state index in [4.69, 9.17) is 5.73 Å². The molecule has 5 heteroatoms. The van der Waals surface area contributed by atoms with Crippen molar-refractivity contribution in [3.05, 3.63) is 29.8 Å². The highest BCUT2D eigenvalue weighted by molar-refractivity contribution is 5.96. The zero-order valence-corrected chi connectivity index (χ0v) is 11.7. The van der Waals surface area contributed by atoms with Crippen LogP contribution in [0.5, 0.6) is 0 Å². The molecule has 1 amide bonds. The van der Waals surface area contributed by atoms with Gasteiger partial charge in [0.25, 0.3) is 0 Å². The van der Waals surface area contributed by atoms with E-state index in [1.807, 2.05) is 23.1 Å². The fourth-order valence-electron chi connectivity index (χ4n) is 2.88. The second kappa shape index (κ2) is 5.90. The monoisotopic (exact) mass is 281 g/mol. The lowest BCUT2D eigenvalue weighted by Gasteiger charge is -2.21. The summed E-state index contributed by atoms with van der Waals surface area (Å²) in [4.78, 5) is 16.4. The van der Waals surface area contributed by atoms with Gasteiger partial charge in [0.15, 0.2) is 0 Å². The fourth-order valence-corrected chi connectivity index (χ4v) is 2.88. The number of likely N-dealkylation sites (tertiary alicyclic amines) is 1. The van der Waals surface area contributed by atoms with E-state index in [1.165, 1.54) is 5.56 Å². The van der Waals surface area contributed by atoms with Crippen LogP contribution in [0.15, 0.2) is 24.3 Å². The minimum Gasteiger partial charge on any atom is -0.326 e. The summed E-state index contributed by atoms with van der Waals surface area (Å²) < 4.78 is 0. The van der Waals surface area contributed by atoms with Gasteiger partial charge in [0.05, 0.1) is 6.54 Å². The molecule has 1 saturated heterocycles. The lowest BCUT2D eigenvalue weighted by molar-refractivity contribution is -0.119.